The van der Waals surface area contributed by atoms with Gasteiger partial charge in [-0.15, -0.1) is 11.3 Å². The lowest BCUT2D eigenvalue weighted by molar-refractivity contribution is -0.929. The van der Waals surface area contributed by atoms with Gasteiger partial charge < -0.3 is 15.5 Å². The number of amides is 1. The third-order valence-corrected chi connectivity index (χ3v) is 6.49. The fourth-order valence-electron chi connectivity index (χ4n) is 4.00. The average molecular weight is 377 g/mol. The van der Waals surface area contributed by atoms with Crippen molar-refractivity contribution in [1.82, 2.24) is 10.3 Å². The van der Waals surface area contributed by atoms with Crippen LogP contribution < -0.4 is 15.5 Å². The van der Waals surface area contributed by atoms with Crippen LogP contribution in [0.15, 0.2) is 54.9 Å². The van der Waals surface area contributed by atoms with Crippen LogP contribution in [0.2, 0.25) is 0 Å². The van der Waals surface area contributed by atoms with Crippen molar-refractivity contribution in [2.45, 2.75) is 25.7 Å². The Morgan fingerprint density at radius 1 is 1.15 bits per heavy atom. The number of rotatable bonds is 3. The van der Waals surface area contributed by atoms with Gasteiger partial charge in [0, 0.05) is 29.9 Å². The summed E-state index contributed by atoms with van der Waals surface area (Å²) in [6.45, 7) is 3.07. The Morgan fingerprint density at radius 3 is 2.85 bits per heavy atom. The maximum absolute atomic E-state index is 12.8. The van der Waals surface area contributed by atoms with E-state index in [4.69, 9.17) is 0 Å². The molecule has 136 valence electrons. The van der Waals surface area contributed by atoms with E-state index in [0.717, 1.165) is 42.2 Å². The Labute approximate surface area is 162 Å². The molecular weight excluding hydrogens is 356 g/mol. The lowest BCUT2D eigenvalue weighted by Crippen LogP contribution is -3.10. The highest BCUT2D eigenvalue weighted by atomic mass is 32.1. The van der Waals surface area contributed by atoms with Crippen molar-refractivity contribution in [3.8, 4) is 0 Å². The van der Waals surface area contributed by atoms with Gasteiger partial charge in [-0.2, -0.15) is 0 Å². The van der Waals surface area contributed by atoms with Crippen molar-refractivity contribution < 1.29 is 9.69 Å². The predicted octanol–water partition coefficient (Wildman–Crippen LogP) is 2.14. The van der Waals surface area contributed by atoms with Crippen LogP contribution in [0.1, 0.15) is 38.1 Å². The molecule has 0 fully saturated rings. The van der Waals surface area contributed by atoms with E-state index >= 15 is 0 Å². The summed E-state index contributed by atoms with van der Waals surface area (Å²) in [7, 11) is 0. The molecule has 0 bridgehead atoms. The van der Waals surface area contributed by atoms with Gasteiger partial charge in [-0.25, -0.2) is 0 Å². The van der Waals surface area contributed by atoms with Crippen LogP contribution in [0.3, 0.4) is 0 Å². The number of aromatic nitrogens is 1. The molecule has 0 spiro atoms. The molecule has 1 unspecified atom stereocenters. The Bertz CT molecular complexity index is 971. The second-order valence-electron chi connectivity index (χ2n) is 7.13. The topological polar surface area (TPSA) is 58.5 Å². The first-order valence-corrected chi connectivity index (χ1v) is 10.1. The molecule has 5 rings (SSSR count). The number of nitrogens with zero attached hydrogens (tertiary/aromatic N) is 1. The number of carbonyl (C=O) groups excluding carboxylic acids is 1. The van der Waals surface area contributed by atoms with Crippen LogP contribution in [0.4, 0.5) is 5.00 Å². The first-order valence-electron chi connectivity index (χ1n) is 9.27. The molecule has 0 saturated heterocycles. The number of thiophene rings is 1. The van der Waals surface area contributed by atoms with E-state index in [9.17, 15) is 4.79 Å². The Morgan fingerprint density at radius 2 is 2.04 bits per heavy atom. The maximum Gasteiger partial charge on any atom is 0.256 e. The lowest BCUT2D eigenvalue weighted by atomic mass is 10.00. The van der Waals surface area contributed by atoms with E-state index < -0.39 is 0 Å². The zero-order valence-electron chi connectivity index (χ0n) is 14.9. The molecule has 1 amide bonds. The van der Waals surface area contributed by atoms with Crippen molar-refractivity contribution in [3.63, 3.8) is 0 Å². The molecule has 2 aliphatic rings. The molecule has 4 heterocycles. The monoisotopic (exact) mass is 377 g/mol. The number of hydrogen-bond acceptors (Lipinski definition) is 4. The minimum atomic E-state index is -0.216. The number of carbonyl (C=O) groups is 1. The van der Waals surface area contributed by atoms with Crippen LogP contribution in [0, 0.1) is 0 Å². The number of benzene rings is 1. The SMILES string of the molecule is O=C1N[C@H](c2cccnc2)Nc2sc3c(c21)CC[NH+](Cc1ccccc1)C3. The third-order valence-electron chi connectivity index (χ3n) is 5.32. The summed E-state index contributed by atoms with van der Waals surface area (Å²) in [5.41, 5.74) is 4.43. The fraction of sp³-hybridized carbons (Fsp3) is 0.238. The van der Waals surface area contributed by atoms with Crippen LogP contribution in [0.5, 0.6) is 0 Å². The molecule has 2 aliphatic heterocycles. The zero-order chi connectivity index (χ0) is 18.2. The van der Waals surface area contributed by atoms with Gasteiger partial charge in [0.15, 0.2) is 0 Å². The molecule has 2 atom stereocenters. The van der Waals surface area contributed by atoms with E-state index in [2.05, 4.69) is 45.9 Å². The molecule has 0 saturated carbocycles. The van der Waals surface area contributed by atoms with Crippen LogP contribution in [0.25, 0.3) is 0 Å². The van der Waals surface area contributed by atoms with Crippen molar-refractivity contribution in [1.29, 1.82) is 0 Å². The molecule has 3 N–H and O–H groups in total. The first kappa shape index (κ1) is 16.5. The second-order valence-corrected chi connectivity index (χ2v) is 8.24. The van der Waals surface area contributed by atoms with Crippen LogP contribution >= 0.6 is 11.3 Å². The number of quaternary nitrogens is 1. The van der Waals surface area contributed by atoms with Gasteiger partial charge in [-0.1, -0.05) is 36.4 Å². The number of fused-ring (bicyclic) bond motifs is 3. The standard InChI is InChI=1S/C21H20N4OS/c26-20-18-16-8-10-25(12-14-5-2-1-3-6-14)13-17(16)27-21(18)24-19(23-20)15-7-4-9-22-11-15/h1-7,9,11,19,24H,8,10,12-13H2,(H,23,26)/p+1/t19-/m0/s1. The minimum Gasteiger partial charge on any atom is -0.353 e. The maximum atomic E-state index is 12.8. The Kier molecular flexibility index (Phi) is 4.14. The van der Waals surface area contributed by atoms with Gasteiger partial charge in [0.05, 0.1) is 17.0 Å². The molecule has 1 aromatic carbocycles. The van der Waals surface area contributed by atoms with Crippen molar-refractivity contribution in [2.75, 3.05) is 11.9 Å². The summed E-state index contributed by atoms with van der Waals surface area (Å²) in [5, 5.41) is 7.59. The summed E-state index contributed by atoms with van der Waals surface area (Å²) in [6.07, 6.45) is 4.28. The highest BCUT2D eigenvalue weighted by Gasteiger charge is 2.34. The summed E-state index contributed by atoms with van der Waals surface area (Å²) >= 11 is 1.74. The molecule has 5 nitrogen and oxygen atoms in total. The molecule has 3 aromatic rings. The van der Waals surface area contributed by atoms with E-state index in [1.807, 2.05) is 12.1 Å². The Hall–Kier alpha value is -2.70. The molecule has 6 heteroatoms. The number of hydrogen-bond donors (Lipinski definition) is 3. The predicted molar refractivity (Wildman–Crippen MR) is 106 cm³/mol. The molecular formula is C21H21N4OS+. The summed E-state index contributed by atoms with van der Waals surface area (Å²) in [4.78, 5) is 19.9. The average Bonchev–Trinajstić information content (AvgIpc) is 3.07. The van der Waals surface area contributed by atoms with Crippen molar-refractivity contribution >= 4 is 22.2 Å². The van der Waals surface area contributed by atoms with Crippen LogP contribution in [-0.2, 0) is 19.5 Å². The Balaban J connectivity index is 1.39. The second kappa shape index (κ2) is 6.79. The summed E-state index contributed by atoms with van der Waals surface area (Å²) in [5.74, 6) is 0.0293. The van der Waals surface area contributed by atoms with E-state index in [-0.39, 0.29) is 12.1 Å². The van der Waals surface area contributed by atoms with Gasteiger partial charge in [-0.05, 0) is 11.6 Å². The molecule has 27 heavy (non-hydrogen) atoms. The first-order chi connectivity index (χ1) is 13.3. The van der Waals surface area contributed by atoms with Crippen molar-refractivity contribution in [3.05, 3.63) is 82.0 Å². The highest BCUT2D eigenvalue weighted by Crippen LogP contribution is 2.38. The number of pyridine rings is 1. The zero-order valence-corrected chi connectivity index (χ0v) is 15.7. The lowest BCUT2D eigenvalue weighted by Gasteiger charge is -2.27. The van der Waals surface area contributed by atoms with E-state index in [1.54, 1.807) is 28.6 Å². The third kappa shape index (κ3) is 3.11. The van der Waals surface area contributed by atoms with Gasteiger partial charge >= 0.3 is 0 Å². The largest absolute Gasteiger partial charge is 0.353 e. The molecule has 2 aromatic heterocycles. The fourth-order valence-corrected chi connectivity index (χ4v) is 5.34. The quantitative estimate of drug-likeness (QED) is 0.655. The van der Waals surface area contributed by atoms with Gasteiger partial charge in [0.2, 0.25) is 0 Å². The van der Waals surface area contributed by atoms with Crippen LogP contribution in [-0.4, -0.2) is 17.4 Å². The summed E-state index contributed by atoms with van der Waals surface area (Å²) in [6, 6.07) is 14.5. The smallest absolute Gasteiger partial charge is 0.256 e. The number of nitrogens with one attached hydrogen (secondary N) is 3. The van der Waals surface area contributed by atoms with Gasteiger partial charge in [-0.3, -0.25) is 9.78 Å². The van der Waals surface area contributed by atoms with Gasteiger partial charge in [0.1, 0.15) is 24.3 Å². The molecule has 0 aliphatic carbocycles. The summed E-state index contributed by atoms with van der Waals surface area (Å²) < 4.78 is 0. The van der Waals surface area contributed by atoms with E-state index in [1.165, 1.54) is 16.0 Å². The highest BCUT2D eigenvalue weighted by molar-refractivity contribution is 7.16. The van der Waals surface area contributed by atoms with E-state index in [0.29, 0.717) is 0 Å². The minimum absolute atomic E-state index is 0.0293. The number of anilines is 1. The van der Waals surface area contributed by atoms with Gasteiger partial charge in [0.25, 0.3) is 5.91 Å². The molecule has 0 radical (unpaired) electrons. The van der Waals surface area contributed by atoms with Crippen molar-refractivity contribution in [2.24, 2.45) is 0 Å². The normalized spacial score (nSPS) is 21.0.